The molecule has 12 heavy (non-hydrogen) atoms. The number of carbonyl (C=O) groups excluding carboxylic acids is 1. The lowest BCUT2D eigenvalue weighted by Crippen LogP contribution is -2.14. The van der Waals surface area contributed by atoms with Crippen molar-refractivity contribution >= 4 is 35.3 Å². The Morgan fingerprint density at radius 3 is 2.50 bits per heavy atom. The Balaban J connectivity index is 3.04. The van der Waals surface area contributed by atoms with Crippen LogP contribution in [0.3, 0.4) is 0 Å². The van der Waals surface area contributed by atoms with Crippen LogP contribution in [0.25, 0.3) is 0 Å². The summed E-state index contributed by atoms with van der Waals surface area (Å²) < 4.78 is 0. The van der Waals surface area contributed by atoms with E-state index in [0.717, 1.165) is 0 Å². The Hall–Kier alpha value is -0.770. The number of hydrogen-bond donors (Lipinski definition) is 1. The third-order valence-electron chi connectivity index (χ3n) is 1.27. The zero-order valence-electron chi connectivity index (χ0n) is 5.87. The number of benzene rings is 1. The van der Waals surface area contributed by atoms with E-state index in [2.05, 4.69) is 0 Å². The van der Waals surface area contributed by atoms with Crippen LogP contribution >= 0.6 is 23.2 Å². The number of carbonyl (C=O) groups is 1. The number of hydroxylamine groups is 1. The summed E-state index contributed by atoms with van der Waals surface area (Å²) >= 11 is 11.2. The standard InChI is InChI=1S/C7H5Cl2NO2/c8-6-2-1-5(3-7(6)9)10(12)4-11/h1-4,12H. The van der Waals surface area contributed by atoms with Crippen LogP contribution in [0.15, 0.2) is 18.2 Å². The molecule has 0 aliphatic heterocycles. The van der Waals surface area contributed by atoms with Crippen molar-refractivity contribution in [2.24, 2.45) is 0 Å². The van der Waals surface area contributed by atoms with Gasteiger partial charge in [-0.3, -0.25) is 10.0 Å². The van der Waals surface area contributed by atoms with Gasteiger partial charge in [-0.25, -0.2) is 0 Å². The molecule has 1 aromatic rings. The second-order valence-electron chi connectivity index (χ2n) is 2.05. The van der Waals surface area contributed by atoms with Gasteiger partial charge >= 0.3 is 0 Å². The van der Waals surface area contributed by atoms with Gasteiger partial charge in [0.25, 0.3) is 0 Å². The molecule has 3 nitrogen and oxygen atoms in total. The molecule has 0 aromatic heterocycles. The Morgan fingerprint density at radius 1 is 1.33 bits per heavy atom. The van der Waals surface area contributed by atoms with Gasteiger partial charge in [0, 0.05) is 0 Å². The van der Waals surface area contributed by atoms with E-state index in [1.807, 2.05) is 0 Å². The Morgan fingerprint density at radius 2 is 2.00 bits per heavy atom. The molecule has 0 saturated carbocycles. The maximum absolute atomic E-state index is 10.1. The fraction of sp³-hybridized carbons (Fsp3) is 0. The summed E-state index contributed by atoms with van der Waals surface area (Å²) in [6.07, 6.45) is 0.263. The van der Waals surface area contributed by atoms with Crippen molar-refractivity contribution in [3.8, 4) is 0 Å². The van der Waals surface area contributed by atoms with E-state index in [1.165, 1.54) is 18.2 Å². The Kier molecular flexibility index (Phi) is 2.92. The summed E-state index contributed by atoms with van der Waals surface area (Å²) in [7, 11) is 0. The summed E-state index contributed by atoms with van der Waals surface area (Å²) in [5, 5.41) is 9.99. The lowest BCUT2D eigenvalue weighted by Gasteiger charge is -2.08. The number of hydrogen-bond acceptors (Lipinski definition) is 2. The molecule has 0 radical (unpaired) electrons. The van der Waals surface area contributed by atoms with Gasteiger partial charge in [-0.2, -0.15) is 5.06 Å². The van der Waals surface area contributed by atoms with E-state index in [9.17, 15) is 4.79 Å². The van der Waals surface area contributed by atoms with Gasteiger partial charge in [0.1, 0.15) is 0 Å². The van der Waals surface area contributed by atoms with Crippen LogP contribution in [0, 0.1) is 0 Å². The number of halogens is 2. The molecular formula is C7H5Cl2NO2. The molecule has 0 spiro atoms. The summed E-state index contributed by atoms with van der Waals surface area (Å²) in [5.74, 6) is 0. The molecule has 0 heterocycles. The maximum atomic E-state index is 10.1. The van der Waals surface area contributed by atoms with Crippen molar-refractivity contribution in [1.29, 1.82) is 0 Å². The highest BCUT2D eigenvalue weighted by molar-refractivity contribution is 6.42. The highest BCUT2D eigenvalue weighted by Crippen LogP contribution is 2.25. The number of rotatable bonds is 2. The molecule has 0 unspecified atom stereocenters. The van der Waals surface area contributed by atoms with Gasteiger partial charge in [0.2, 0.25) is 6.41 Å². The van der Waals surface area contributed by atoms with E-state index < -0.39 is 0 Å². The van der Waals surface area contributed by atoms with Gasteiger partial charge < -0.3 is 0 Å². The second-order valence-corrected chi connectivity index (χ2v) is 2.86. The van der Waals surface area contributed by atoms with Crippen molar-refractivity contribution in [3.05, 3.63) is 28.2 Å². The monoisotopic (exact) mass is 205 g/mol. The van der Waals surface area contributed by atoms with Crippen molar-refractivity contribution in [2.45, 2.75) is 0 Å². The van der Waals surface area contributed by atoms with E-state index in [-0.39, 0.29) is 17.1 Å². The largest absolute Gasteiger partial charge is 0.281 e. The number of anilines is 1. The maximum Gasteiger partial charge on any atom is 0.237 e. The van der Waals surface area contributed by atoms with Gasteiger partial charge in [0.15, 0.2) is 0 Å². The lowest BCUT2D eigenvalue weighted by atomic mass is 10.3. The molecule has 1 rings (SSSR count). The third-order valence-corrected chi connectivity index (χ3v) is 2.01. The molecule has 5 heteroatoms. The van der Waals surface area contributed by atoms with Crippen molar-refractivity contribution in [3.63, 3.8) is 0 Å². The van der Waals surface area contributed by atoms with Crippen molar-refractivity contribution < 1.29 is 10.0 Å². The normalized spacial score (nSPS) is 9.58. The number of amides is 1. The predicted molar refractivity (Wildman–Crippen MR) is 46.8 cm³/mol. The van der Waals surface area contributed by atoms with Crippen LogP contribution in [-0.4, -0.2) is 11.6 Å². The molecule has 0 atom stereocenters. The first kappa shape index (κ1) is 9.32. The Bertz CT molecular complexity index is 303. The smallest absolute Gasteiger partial charge is 0.237 e. The van der Waals surface area contributed by atoms with E-state index in [4.69, 9.17) is 28.4 Å². The minimum Gasteiger partial charge on any atom is -0.281 e. The minimum absolute atomic E-state index is 0.263. The van der Waals surface area contributed by atoms with Crippen molar-refractivity contribution in [1.82, 2.24) is 0 Å². The molecule has 1 N–H and O–H groups in total. The van der Waals surface area contributed by atoms with Crippen LogP contribution in [-0.2, 0) is 4.79 Å². The van der Waals surface area contributed by atoms with Crippen LogP contribution in [0.2, 0.25) is 10.0 Å². The molecule has 64 valence electrons. The average Bonchev–Trinajstić information content (AvgIpc) is 2.08. The molecule has 0 saturated heterocycles. The molecule has 0 fully saturated rings. The molecular weight excluding hydrogens is 201 g/mol. The van der Waals surface area contributed by atoms with Gasteiger partial charge in [-0.05, 0) is 18.2 Å². The topological polar surface area (TPSA) is 40.5 Å². The molecule has 0 aliphatic rings. The summed E-state index contributed by atoms with van der Waals surface area (Å²) in [6.45, 7) is 0. The van der Waals surface area contributed by atoms with E-state index >= 15 is 0 Å². The second kappa shape index (κ2) is 3.76. The summed E-state index contributed by atoms with van der Waals surface area (Å²) in [5.41, 5.74) is 0.277. The quantitative estimate of drug-likeness (QED) is 0.458. The SMILES string of the molecule is O=CN(O)c1ccc(Cl)c(Cl)c1. The van der Waals surface area contributed by atoms with Crippen LogP contribution < -0.4 is 5.06 Å². The first-order chi connectivity index (χ1) is 5.65. The highest BCUT2D eigenvalue weighted by Gasteiger charge is 2.03. The van der Waals surface area contributed by atoms with Crippen LogP contribution in [0.4, 0.5) is 5.69 Å². The van der Waals surface area contributed by atoms with E-state index in [1.54, 1.807) is 0 Å². The first-order valence-electron chi connectivity index (χ1n) is 3.03. The van der Waals surface area contributed by atoms with Gasteiger partial charge in [0.05, 0.1) is 15.7 Å². The van der Waals surface area contributed by atoms with Crippen LogP contribution in [0.5, 0.6) is 0 Å². The minimum atomic E-state index is 0.263. The summed E-state index contributed by atoms with van der Waals surface area (Å²) in [6, 6.07) is 4.35. The average molecular weight is 206 g/mol. The zero-order chi connectivity index (χ0) is 9.14. The lowest BCUT2D eigenvalue weighted by molar-refractivity contribution is -0.111. The highest BCUT2D eigenvalue weighted by atomic mass is 35.5. The third kappa shape index (κ3) is 1.88. The fourth-order valence-corrected chi connectivity index (χ4v) is 0.981. The zero-order valence-corrected chi connectivity index (χ0v) is 7.38. The van der Waals surface area contributed by atoms with Crippen molar-refractivity contribution in [2.75, 3.05) is 5.06 Å². The Labute approximate surface area is 79.1 Å². The predicted octanol–water partition coefficient (Wildman–Crippen LogP) is 2.35. The molecule has 0 aliphatic carbocycles. The first-order valence-corrected chi connectivity index (χ1v) is 3.79. The van der Waals surface area contributed by atoms with Gasteiger partial charge in [-0.15, -0.1) is 0 Å². The molecule has 0 bridgehead atoms. The van der Waals surface area contributed by atoms with E-state index in [0.29, 0.717) is 10.1 Å². The molecule has 1 aromatic carbocycles. The fourth-order valence-electron chi connectivity index (χ4n) is 0.688. The summed E-state index contributed by atoms with van der Waals surface area (Å²) in [4.78, 5) is 10.1. The molecule has 1 amide bonds. The van der Waals surface area contributed by atoms with Crippen LogP contribution in [0.1, 0.15) is 0 Å². The number of nitrogens with zero attached hydrogens (tertiary/aromatic N) is 1. The van der Waals surface area contributed by atoms with Gasteiger partial charge in [-0.1, -0.05) is 23.2 Å².